The van der Waals surface area contributed by atoms with Gasteiger partial charge in [0, 0.05) is 46.8 Å². The van der Waals surface area contributed by atoms with Crippen LogP contribution < -0.4 is 16.1 Å². The Morgan fingerprint density at radius 2 is 1.63 bits per heavy atom. The lowest BCUT2D eigenvalue weighted by Gasteiger charge is -2.34. The monoisotopic (exact) mass is 422 g/mol. The first-order valence-corrected chi connectivity index (χ1v) is 9.44. The molecule has 160 valence electrons. The number of hydrogen-bond acceptors (Lipinski definition) is 5. The van der Waals surface area contributed by atoms with E-state index < -0.39 is 23.0 Å². The molecule has 1 aliphatic rings. The second-order valence-corrected chi connectivity index (χ2v) is 7.42. The van der Waals surface area contributed by atoms with Gasteiger partial charge in [-0.3, -0.25) is 18.8 Å². The Morgan fingerprint density at radius 3 is 2.23 bits per heavy atom. The first-order chi connectivity index (χ1) is 14.1. The summed E-state index contributed by atoms with van der Waals surface area (Å²) in [6.45, 7) is 3.20. The molecule has 0 aliphatic carbocycles. The molecule has 0 radical (unpaired) electrons. The Balaban J connectivity index is 1.45. The molecule has 0 unspecified atom stereocenters. The van der Waals surface area contributed by atoms with Crippen molar-refractivity contribution in [3.05, 3.63) is 56.2 Å². The number of hydrogen-bond donors (Lipinski definition) is 1. The maximum Gasteiger partial charge on any atom is 0.416 e. The van der Waals surface area contributed by atoms with Crippen molar-refractivity contribution in [3.63, 3.8) is 0 Å². The molecule has 8 nitrogen and oxygen atoms in total. The minimum absolute atomic E-state index is 0.210. The minimum Gasteiger partial charge on any atom is -0.340 e. The molecule has 0 bridgehead atoms. The van der Waals surface area contributed by atoms with Crippen molar-refractivity contribution < 1.29 is 13.2 Å². The van der Waals surface area contributed by atoms with Crippen LogP contribution in [0.1, 0.15) is 11.1 Å². The molecule has 0 atom stereocenters. The molecule has 1 aromatic carbocycles. The molecule has 3 heterocycles. The fraction of sp³-hybridized carbons (Fsp3) is 0.421. The molecule has 0 amide bonds. The molecule has 2 aromatic heterocycles. The number of nitrogens with zero attached hydrogens (tertiary/aromatic N) is 5. The number of rotatable bonds is 3. The first kappa shape index (κ1) is 20.2. The van der Waals surface area contributed by atoms with Crippen LogP contribution in [0.15, 0.2) is 33.9 Å². The van der Waals surface area contributed by atoms with Crippen molar-refractivity contribution in [2.45, 2.75) is 12.7 Å². The van der Waals surface area contributed by atoms with E-state index in [0.717, 1.165) is 22.3 Å². The highest BCUT2D eigenvalue weighted by Gasteiger charge is 2.30. The number of nitrogens with one attached hydrogen (secondary N) is 1. The summed E-state index contributed by atoms with van der Waals surface area (Å²) in [7, 11) is 2.99. The number of alkyl halides is 3. The molecular weight excluding hydrogens is 401 g/mol. The van der Waals surface area contributed by atoms with Crippen LogP contribution in [0.25, 0.3) is 11.2 Å². The standard InChI is InChI=1S/C19H21F3N6O2/c1-25-15-14(16(29)26(2)18(25)30)23-17(24-15)28-9-7-27(8-10-28)11-12-3-5-13(6-4-12)19(20,21)22/h3-6H,7-11H2,1-2H3,(H,23,24). The van der Waals surface area contributed by atoms with Crippen LogP contribution in [0.2, 0.25) is 0 Å². The first-order valence-electron chi connectivity index (χ1n) is 9.44. The number of fused-ring (bicyclic) bond motifs is 1. The average Bonchev–Trinajstić information content (AvgIpc) is 3.17. The fourth-order valence-electron chi connectivity index (χ4n) is 3.63. The van der Waals surface area contributed by atoms with Gasteiger partial charge in [-0.1, -0.05) is 12.1 Å². The smallest absolute Gasteiger partial charge is 0.340 e. The topological polar surface area (TPSA) is 79.2 Å². The Kier molecular flexibility index (Phi) is 4.92. The number of benzene rings is 1. The lowest BCUT2D eigenvalue weighted by atomic mass is 10.1. The number of aryl methyl sites for hydroxylation is 1. The van der Waals surface area contributed by atoms with Gasteiger partial charge in [0.25, 0.3) is 5.56 Å². The van der Waals surface area contributed by atoms with Gasteiger partial charge in [-0.2, -0.15) is 13.2 Å². The van der Waals surface area contributed by atoms with E-state index in [9.17, 15) is 22.8 Å². The van der Waals surface area contributed by atoms with Gasteiger partial charge in [0.2, 0.25) is 5.95 Å². The van der Waals surface area contributed by atoms with Crippen molar-refractivity contribution >= 4 is 17.1 Å². The molecule has 0 saturated carbocycles. The summed E-state index contributed by atoms with van der Waals surface area (Å²) in [6, 6.07) is 5.21. The molecule has 0 spiro atoms. The van der Waals surface area contributed by atoms with Gasteiger partial charge in [0.15, 0.2) is 5.52 Å². The van der Waals surface area contributed by atoms with E-state index in [-0.39, 0.29) is 5.52 Å². The highest BCUT2D eigenvalue weighted by molar-refractivity contribution is 5.73. The van der Waals surface area contributed by atoms with Gasteiger partial charge in [-0.25, -0.2) is 9.78 Å². The Hall–Kier alpha value is -3.08. The molecular formula is C19H21F3N6O2. The average molecular weight is 422 g/mol. The number of aromatic amines is 1. The Bertz CT molecular complexity index is 1180. The van der Waals surface area contributed by atoms with Crippen molar-refractivity contribution in [3.8, 4) is 0 Å². The summed E-state index contributed by atoms with van der Waals surface area (Å²) in [5.74, 6) is 0.525. The molecule has 30 heavy (non-hydrogen) atoms. The Morgan fingerprint density at radius 1 is 1.00 bits per heavy atom. The third-order valence-electron chi connectivity index (χ3n) is 5.45. The largest absolute Gasteiger partial charge is 0.416 e. The zero-order chi connectivity index (χ0) is 21.6. The minimum atomic E-state index is -4.33. The maximum absolute atomic E-state index is 12.7. The molecule has 11 heteroatoms. The molecule has 1 aliphatic heterocycles. The number of aromatic nitrogens is 4. The summed E-state index contributed by atoms with van der Waals surface area (Å²) in [5, 5.41) is 0. The quantitative estimate of drug-likeness (QED) is 0.689. The van der Waals surface area contributed by atoms with Gasteiger partial charge in [-0.15, -0.1) is 0 Å². The predicted molar refractivity (Wildman–Crippen MR) is 106 cm³/mol. The molecule has 3 aromatic rings. The summed E-state index contributed by atoms with van der Waals surface area (Å²) in [6.07, 6.45) is -4.33. The predicted octanol–water partition coefficient (Wildman–Crippen LogP) is 1.30. The zero-order valence-corrected chi connectivity index (χ0v) is 16.5. The number of H-pyrrole nitrogens is 1. The number of piperazine rings is 1. The van der Waals surface area contributed by atoms with Gasteiger partial charge in [-0.05, 0) is 17.7 Å². The van der Waals surface area contributed by atoms with Crippen molar-refractivity contribution in [1.29, 1.82) is 0 Å². The highest BCUT2D eigenvalue weighted by atomic mass is 19.4. The van der Waals surface area contributed by atoms with Crippen molar-refractivity contribution in [2.75, 3.05) is 31.1 Å². The number of anilines is 1. The van der Waals surface area contributed by atoms with Crippen LogP contribution in [-0.4, -0.2) is 50.2 Å². The second kappa shape index (κ2) is 7.31. The third kappa shape index (κ3) is 3.60. The molecule has 4 rings (SSSR count). The number of imidazole rings is 1. The van der Waals surface area contributed by atoms with E-state index in [1.165, 1.54) is 23.7 Å². The van der Waals surface area contributed by atoms with Gasteiger partial charge < -0.3 is 9.88 Å². The third-order valence-corrected chi connectivity index (χ3v) is 5.45. The summed E-state index contributed by atoms with van der Waals surface area (Å²) >= 11 is 0. The van der Waals surface area contributed by atoms with Crippen LogP contribution in [0.4, 0.5) is 19.1 Å². The van der Waals surface area contributed by atoms with E-state index >= 15 is 0 Å². The van der Waals surface area contributed by atoms with E-state index in [1.54, 1.807) is 7.05 Å². The Labute approximate surface area is 169 Å². The van der Waals surface area contributed by atoms with Crippen LogP contribution in [0, 0.1) is 0 Å². The maximum atomic E-state index is 12.7. The lowest BCUT2D eigenvalue weighted by molar-refractivity contribution is -0.137. The van der Waals surface area contributed by atoms with Crippen LogP contribution in [0.5, 0.6) is 0 Å². The van der Waals surface area contributed by atoms with Crippen molar-refractivity contribution in [1.82, 2.24) is 24.0 Å². The molecule has 1 N–H and O–H groups in total. The van der Waals surface area contributed by atoms with E-state index in [4.69, 9.17) is 0 Å². The normalized spacial score (nSPS) is 15.8. The second-order valence-electron chi connectivity index (χ2n) is 7.42. The molecule has 1 fully saturated rings. The molecule has 1 saturated heterocycles. The highest BCUT2D eigenvalue weighted by Crippen LogP contribution is 2.29. The summed E-state index contributed by atoms with van der Waals surface area (Å²) in [5.41, 5.74) is -0.118. The van der Waals surface area contributed by atoms with E-state index in [2.05, 4.69) is 14.9 Å². The van der Waals surface area contributed by atoms with Crippen LogP contribution >= 0.6 is 0 Å². The van der Waals surface area contributed by atoms with Crippen molar-refractivity contribution in [2.24, 2.45) is 14.1 Å². The summed E-state index contributed by atoms with van der Waals surface area (Å²) < 4.78 is 40.4. The van der Waals surface area contributed by atoms with Crippen LogP contribution in [0.3, 0.4) is 0 Å². The van der Waals surface area contributed by atoms with E-state index in [1.807, 2.05) is 4.90 Å². The van der Waals surface area contributed by atoms with Crippen LogP contribution in [-0.2, 0) is 26.8 Å². The van der Waals surface area contributed by atoms with Gasteiger partial charge in [0.05, 0.1) is 5.56 Å². The number of halogens is 3. The fourth-order valence-corrected chi connectivity index (χ4v) is 3.63. The summed E-state index contributed by atoms with van der Waals surface area (Å²) in [4.78, 5) is 36.0. The van der Waals surface area contributed by atoms with E-state index in [0.29, 0.717) is 44.3 Å². The van der Waals surface area contributed by atoms with Gasteiger partial charge >= 0.3 is 11.9 Å². The van der Waals surface area contributed by atoms with Gasteiger partial charge in [0.1, 0.15) is 5.65 Å². The zero-order valence-electron chi connectivity index (χ0n) is 16.5. The SMILES string of the molecule is Cn1c(=O)c2nc(N3CCN(Cc4ccc(C(F)(F)F)cc4)CC3)[nH]c2n(C)c1=O. The lowest BCUT2D eigenvalue weighted by Crippen LogP contribution is -2.46.